The van der Waals surface area contributed by atoms with Crippen LogP contribution < -0.4 is 16.6 Å². The van der Waals surface area contributed by atoms with E-state index < -0.39 is 0 Å². The lowest BCUT2D eigenvalue weighted by atomic mass is 10.3. The zero-order chi connectivity index (χ0) is 11.4. The predicted molar refractivity (Wildman–Crippen MR) is 58.4 cm³/mol. The molecule has 0 saturated heterocycles. The minimum Gasteiger partial charge on any atom is -0.362 e. The molecule has 0 unspecified atom stereocenters. The van der Waals surface area contributed by atoms with Gasteiger partial charge in [-0.05, 0) is 6.92 Å². The van der Waals surface area contributed by atoms with Crippen LogP contribution in [0.1, 0.15) is 11.3 Å². The number of rotatable bonds is 4. The van der Waals surface area contributed by atoms with Crippen LogP contribution >= 0.6 is 0 Å². The van der Waals surface area contributed by atoms with Crippen LogP contribution in [0.15, 0.2) is 23.0 Å². The summed E-state index contributed by atoms with van der Waals surface area (Å²) in [6.45, 7) is 2.42. The van der Waals surface area contributed by atoms with Crippen molar-refractivity contribution in [3.63, 3.8) is 0 Å². The summed E-state index contributed by atoms with van der Waals surface area (Å²) in [5.41, 5.74) is 3.32. The summed E-state index contributed by atoms with van der Waals surface area (Å²) in [5, 5.41) is 6.72. The SMILES string of the molecule is Cc1cnc(NN)nc1NCc1ccno1. The van der Waals surface area contributed by atoms with E-state index in [0.717, 1.165) is 11.3 Å². The van der Waals surface area contributed by atoms with E-state index in [9.17, 15) is 0 Å². The lowest BCUT2D eigenvalue weighted by Gasteiger charge is -2.07. The molecule has 4 N–H and O–H groups in total. The number of nitrogens with zero attached hydrogens (tertiary/aromatic N) is 3. The van der Waals surface area contributed by atoms with Crippen LogP contribution in [0.4, 0.5) is 11.8 Å². The monoisotopic (exact) mass is 220 g/mol. The normalized spacial score (nSPS) is 10.1. The maximum Gasteiger partial charge on any atom is 0.239 e. The van der Waals surface area contributed by atoms with Crippen molar-refractivity contribution in [3.05, 3.63) is 29.8 Å². The number of hydrazine groups is 1. The number of aromatic nitrogens is 3. The second kappa shape index (κ2) is 4.58. The average molecular weight is 220 g/mol. The Morgan fingerprint density at radius 2 is 2.38 bits per heavy atom. The number of anilines is 2. The fourth-order valence-corrected chi connectivity index (χ4v) is 1.19. The summed E-state index contributed by atoms with van der Waals surface area (Å²) < 4.78 is 4.96. The molecule has 0 aliphatic heterocycles. The Bertz CT molecular complexity index is 455. The predicted octanol–water partition coefficient (Wildman–Crippen LogP) is 0.671. The molecule has 0 atom stereocenters. The molecule has 2 rings (SSSR count). The average Bonchev–Trinajstić information content (AvgIpc) is 2.81. The van der Waals surface area contributed by atoms with Crippen molar-refractivity contribution in [3.8, 4) is 0 Å². The van der Waals surface area contributed by atoms with Crippen LogP contribution in [0.5, 0.6) is 0 Å². The lowest BCUT2D eigenvalue weighted by Crippen LogP contribution is -2.12. The molecule has 0 saturated carbocycles. The number of nitrogens with one attached hydrogen (secondary N) is 2. The Morgan fingerprint density at radius 3 is 3.06 bits per heavy atom. The van der Waals surface area contributed by atoms with Gasteiger partial charge >= 0.3 is 0 Å². The van der Waals surface area contributed by atoms with Gasteiger partial charge in [0.2, 0.25) is 5.95 Å². The third-order valence-electron chi connectivity index (χ3n) is 2.02. The summed E-state index contributed by atoms with van der Waals surface area (Å²) in [5.74, 6) is 7.04. The highest BCUT2D eigenvalue weighted by Crippen LogP contribution is 2.13. The van der Waals surface area contributed by atoms with E-state index in [1.165, 1.54) is 0 Å². The van der Waals surface area contributed by atoms with Gasteiger partial charge in [-0.3, -0.25) is 5.43 Å². The minimum atomic E-state index is 0.366. The Kier molecular flexibility index (Phi) is 2.97. The van der Waals surface area contributed by atoms with E-state index in [1.807, 2.05) is 6.92 Å². The molecule has 7 heteroatoms. The molecule has 2 aromatic rings. The fourth-order valence-electron chi connectivity index (χ4n) is 1.19. The highest BCUT2D eigenvalue weighted by molar-refractivity contribution is 5.46. The van der Waals surface area contributed by atoms with E-state index in [4.69, 9.17) is 10.4 Å². The number of nitrogen functional groups attached to an aromatic ring is 1. The van der Waals surface area contributed by atoms with Gasteiger partial charge in [0.15, 0.2) is 5.76 Å². The van der Waals surface area contributed by atoms with E-state index >= 15 is 0 Å². The molecule has 84 valence electrons. The van der Waals surface area contributed by atoms with E-state index in [1.54, 1.807) is 18.5 Å². The smallest absolute Gasteiger partial charge is 0.239 e. The van der Waals surface area contributed by atoms with Crippen molar-refractivity contribution in [2.75, 3.05) is 10.7 Å². The first kappa shape index (κ1) is 10.4. The van der Waals surface area contributed by atoms with Gasteiger partial charge in [0.1, 0.15) is 5.82 Å². The van der Waals surface area contributed by atoms with E-state index in [-0.39, 0.29) is 0 Å². The van der Waals surface area contributed by atoms with Gasteiger partial charge in [0, 0.05) is 17.8 Å². The largest absolute Gasteiger partial charge is 0.362 e. The molecule has 2 heterocycles. The summed E-state index contributed by atoms with van der Waals surface area (Å²) in [4.78, 5) is 8.15. The Labute approximate surface area is 92.0 Å². The first-order valence-electron chi connectivity index (χ1n) is 4.73. The third kappa shape index (κ3) is 2.26. The molecule has 0 spiro atoms. The molecular formula is C9H12N6O. The molecule has 0 aliphatic carbocycles. The second-order valence-electron chi connectivity index (χ2n) is 3.20. The van der Waals surface area contributed by atoms with Crippen LogP contribution in [-0.2, 0) is 6.54 Å². The standard InChI is InChI=1S/C9H12N6O/c1-6-4-12-9(15-10)14-8(6)11-5-7-2-3-13-16-7/h2-4H,5,10H2,1H3,(H2,11,12,14,15). The van der Waals surface area contributed by atoms with Crippen molar-refractivity contribution in [1.82, 2.24) is 15.1 Å². The van der Waals surface area contributed by atoms with Gasteiger partial charge in [0.25, 0.3) is 0 Å². The van der Waals surface area contributed by atoms with Crippen LogP contribution in [0.2, 0.25) is 0 Å². The van der Waals surface area contributed by atoms with Gasteiger partial charge in [0.05, 0.1) is 12.7 Å². The molecule has 0 aliphatic rings. The van der Waals surface area contributed by atoms with Crippen molar-refractivity contribution in [2.24, 2.45) is 5.84 Å². The number of aryl methyl sites for hydroxylation is 1. The molecule has 0 fully saturated rings. The first-order chi connectivity index (χ1) is 7.79. The van der Waals surface area contributed by atoms with Crippen molar-refractivity contribution < 1.29 is 4.52 Å². The maximum absolute atomic E-state index is 5.23. The second-order valence-corrected chi connectivity index (χ2v) is 3.20. The van der Waals surface area contributed by atoms with Crippen molar-refractivity contribution in [1.29, 1.82) is 0 Å². The third-order valence-corrected chi connectivity index (χ3v) is 2.02. The van der Waals surface area contributed by atoms with Crippen molar-refractivity contribution >= 4 is 11.8 Å². The Balaban J connectivity index is 2.08. The van der Waals surface area contributed by atoms with Crippen LogP contribution in [-0.4, -0.2) is 15.1 Å². The van der Waals surface area contributed by atoms with E-state index in [2.05, 4.69) is 25.9 Å². The fraction of sp³-hybridized carbons (Fsp3) is 0.222. The van der Waals surface area contributed by atoms with Gasteiger partial charge in [-0.1, -0.05) is 5.16 Å². The zero-order valence-corrected chi connectivity index (χ0v) is 8.77. The number of nitrogens with two attached hydrogens (primary N) is 1. The lowest BCUT2D eigenvalue weighted by molar-refractivity contribution is 0.388. The zero-order valence-electron chi connectivity index (χ0n) is 8.77. The van der Waals surface area contributed by atoms with Gasteiger partial charge in [-0.2, -0.15) is 4.98 Å². The minimum absolute atomic E-state index is 0.366. The molecule has 0 radical (unpaired) electrons. The Hall–Kier alpha value is -2.15. The topological polar surface area (TPSA) is 102 Å². The molecule has 0 aromatic carbocycles. The summed E-state index contributed by atoms with van der Waals surface area (Å²) >= 11 is 0. The number of hydrogen-bond acceptors (Lipinski definition) is 7. The highest BCUT2D eigenvalue weighted by Gasteiger charge is 2.03. The molecule has 0 bridgehead atoms. The van der Waals surface area contributed by atoms with Gasteiger partial charge in [-0.15, -0.1) is 0 Å². The van der Waals surface area contributed by atoms with Gasteiger partial charge in [-0.25, -0.2) is 10.8 Å². The number of hydrogen-bond donors (Lipinski definition) is 3. The molecule has 0 amide bonds. The van der Waals surface area contributed by atoms with Crippen LogP contribution in [0.25, 0.3) is 0 Å². The molecule has 7 nitrogen and oxygen atoms in total. The summed E-state index contributed by atoms with van der Waals surface area (Å²) in [6.07, 6.45) is 3.28. The summed E-state index contributed by atoms with van der Waals surface area (Å²) in [6, 6.07) is 1.78. The van der Waals surface area contributed by atoms with Crippen LogP contribution in [0, 0.1) is 6.92 Å². The molecule has 2 aromatic heterocycles. The Morgan fingerprint density at radius 1 is 1.50 bits per heavy atom. The highest BCUT2D eigenvalue weighted by atomic mass is 16.5. The molecule has 16 heavy (non-hydrogen) atoms. The summed E-state index contributed by atoms with van der Waals surface area (Å²) in [7, 11) is 0. The molecular weight excluding hydrogens is 208 g/mol. The first-order valence-corrected chi connectivity index (χ1v) is 4.73. The van der Waals surface area contributed by atoms with E-state index in [0.29, 0.717) is 18.3 Å². The quantitative estimate of drug-likeness (QED) is 0.514. The van der Waals surface area contributed by atoms with Gasteiger partial charge < -0.3 is 9.84 Å². The maximum atomic E-state index is 5.23. The van der Waals surface area contributed by atoms with Crippen LogP contribution in [0.3, 0.4) is 0 Å². The van der Waals surface area contributed by atoms with Crippen molar-refractivity contribution in [2.45, 2.75) is 13.5 Å².